The highest BCUT2D eigenvalue weighted by molar-refractivity contribution is 6.32. The van der Waals surface area contributed by atoms with Crippen LogP contribution in [0.15, 0.2) is 64.0 Å². The third-order valence-electron chi connectivity index (χ3n) is 5.20. The Morgan fingerprint density at radius 2 is 1.39 bits per heavy atom. The number of carbonyl (C=O) groups excluding carboxylic acids is 1. The summed E-state index contributed by atoms with van der Waals surface area (Å²) < 4.78 is 1.27. The van der Waals surface area contributed by atoms with Gasteiger partial charge in [0.05, 0.1) is 39.3 Å². The van der Waals surface area contributed by atoms with E-state index < -0.39 is 23.4 Å². The maximum absolute atomic E-state index is 13.0. The minimum absolute atomic E-state index is 0.0850. The molecule has 4 rings (SSSR count). The fourth-order valence-corrected chi connectivity index (χ4v) is 3.41. The summed E-state index contributed by atoms with van der Waals surface area (Å²) in [6.07, 6.45) is 1.46. The lowest BCUT2D eigenvalue weighted by Gasteiger charge is -2.11. The molecule has 0 spiro atoms. The van der Waals surface area contributed by atoms with Crippen molar-refractivity contribution in [2.24, 2.45) is 5.10 Å². The molecule has 2 heterocycles. The van der Waals surface area contributed by atoms with Gasteiger partial charge in [-0.1, -0.05) is 0 Å². The minimum Gasteiger partial charge on any atom is -0.478 e. The quantitative estimate of drug-likeness (QED) is 0.514. The molecular formula is C23H18N4O6. The largest absolute Gasteiger partial charge is 0.478 e. The Balaban J connectivity index is 1.67. The van der Waals surface area contributed by atoms with Crippen LogP contribution in [-0.2, 0) is 4.79 Å². The van der Waals surface area contributed by atoms with Gasteiger partial charge in [0, 0.05) is 5.69 Å². The van der Waals surface area contributed by atoms with E-state index in [1.807, 2.05) is 0 Å². The molecule has 10 nitrogen and oxygen atoms in total. The van der Waals surface area contributed by atoms with Gasteiger partial charge in [0.15, 0.2) is 0 Å². The normalized spacial score (nSPS) is 14.6. The predicted molar refractivity (Wildman–Crippen MR) is 120 cm³/mol. The third kappa shape index (κ3) is 3.85. The number of carbonyl (C=O) groups is 3. The molecule has 1 aromatic heterocycles. The number of H-pyrrole nitrogens is 1. The van der Waals surface area contributed by atoms with Crippen LogP contribution in [0.3, 0.4) is 0 Å². The Kier molecular flexibility index (Phi) is 5.26. The average Bonchev–Trinajstić information content (AvgIpc) is 3.24. The number of nitrogens with one attached hydrogen (secondary N) is 1. The number of nitrogens with zero attached hydrogens (tertiary/aromatic N) is 3. The zero-order valence-corrected chi connectivity index (χ0v) is 17.6. The average molecular weight is 446 g/mol. The maximum Gasteiger partial charge on any atom is 0.335 e. The molecule has 10 heteroatoms. The maximum atomic E-state index is 13.0. The van der Waals surface area contributed by atoms with Crippen molar-refractivity contribution in [3.63, 3.8) is 0 Å². The van der Waals surface area contributed by atoms with Crippen molar-refractivity contribution >= 4 is 35.3 Å². The van der Waals surface area contributed by atoms with Gasteiger partial charge in [-0.05, 0) is 68.5 Å². The van der Waals surface area contributed by atoms with Crippen molar-refractivity contribution in [3.05, 3.63) is 86.8 Å². The van der Waals surface area contributed by atoms with Crippen molar-refractivity contribution < 1.29 is 24.6 Å². The molecule has 0 atom stereocenters. The first-order valence-electron chi connectivity index (χ1n) is 9.78. The summed E-state index contributed by atoms with van der Waals surface area (Å²) in [6, 6.07) is 11.5. The molecule has 0 radical (unpaired) electrons. The second kappa shape index (κ2) is 8.08. The van der Waals surface area contributed by atoms with Crippen LogP contribution in [0.1, 0.15) is 38.9 Å². The molecule has 0 unspecified atom stereocenters. The van der Waals surface area contributed by atoms with Crippen LogP contribution >= 0.6 is 0 Å². The van der Waals surface area contributed by atoms with E-state index in [2.05, 4.69) is 10.2 Å². The standard InChI is InChI=1S/C23H18N4O6/c1-12-18(20(28)26(24-12)16-7-3-14(4-8-16)22(30)31)11-19-13(2)25-27(21(19)29)17-9-5-15(6-10-17)23(32)33/h3-11,24H,1-2H3,(H,30,31)(H,32,33). The summed E-state index contributed by atoms with van der Waals surface area (Å²) in [4.78, 5) is 48.1. The van der Waals surface area contributed by atoms with Crippen LogP contribution in [0.25, 0.3) is 11.8 Å². The Bertz CT molecular complexity index is 1410. The number of anilines is 1. The number of rotatable bonds is 5. The lowest BCUT2D eigenvalue weighted by atomic mass is 10.1. The summed E-state index contributed by atoms with van der Waals surface area (Å²) >= 11 is 0. The highest BCUT2D eigenvalue weighted by Crippen LogP contribution is 2.25. The van der Waals surface area contributed by atoms with Gasteiger partial charge in [-0.25, -0.2) is 14.3 Å². The topological polar surface area (TPSA) is 145 Å². The number of benzene rings is 2. The summed E-state index contributed by atoms with van der Waals surface area (Å²) in [5, 5.41) is 26.4. The Morgan fingerprint density at radius 1 is 0.879 bits per heavy atom. The first-order chi connectivity index (χ1) is 15.7. The fourth-order valence-electron chi connectivity index (χ4n) is 3.41. The third-order valence-corrected chi connectivity index (χ3v) is 5.20. The van der Waals surface area contributed by atoms with Gasteiger partial charge in [0.25, 0.3) is 11.5 Å². The first-order valence-corrected chi connectivity index (χ1v) is 9.78. The smallest absolute Gasteiger partial charge is 0.335 e. The van der Waals surface area contributed by atoms with Crippen LogP contribution in [0.2, 0.25) is 0 Å². The predicted octanol–water partition coefficient (Wildman–Crippen LogP) is 2.68. The molecule has 1 aliphatic rings. The van der Waals surface area contributed by atoms with Crippen LogP contribution in [0.4, 0.5) is 5.69 Å². The Morgan fingerprint density at radius 3 is 1.91 bits per heavy atom. The molecular weight excluding hydrogens is 428 g/mol. The van der Waals surface area contributed by atoms with Crippen LogP contribution in [0.5, 0.6) is 0 Å². The van der Waals surface area contributed by atoms with Crippen molar-refractivity contribution in [2.75, 3.05) is 5.01 Å². The summed E-state index contributed by atoms with van der Waals surface area (Å²) in [5.41, 5.74) is 2.02. The van der Waals surface area contributed by atoms with Gasteiger partial charge in [-0.3, -0.25) is 14.7 Å². The van der Waals surface area contributed by atoms with Gasteiger partial charge in [-0.15, -0.1) is 0 Å². The van der Waals surface area contributed by atoms with Gasteiger partial charge in [0.2, 0.25) is 0 Å². The van der Waals surface area contributed by atoms with Crippen molar-refractivity contribution in [1.29, 1.82) is 0 Å². The molecule has 0 saturated heterocycles. The molecule has 0 saturated carbocycles. The number of aromatic carboxylic acids is 2. The molecule has 1 amide bonds. The molecule has 3 N–H and O–H groups in total. The van der Waals surface area contributed by atoms with Gasteiger partial charge >= 0.3 is 11.9 Å². The summed E-state index contributed by atoms with van der Waals surface area (Å²) in [7, 11) is 0. The van der Waals surface area contributed by atoms with Crippen LogP contribution < -0.4 is 10.6 Å². The first kappa shape index (κ1) is 21.5. The SMILES string of the molecule is CC1=NN(c2ccc(C(=O)O)cc2)C(=O)C1=Cc1c(C)[nH]n(-c2ccc(C(=O)O)cc2)c1=O. The van der Waals surface area contributed by atoms with E-state index >= 15 is 0 Å². The van der Waals surface area contributed by atoms with Crippen molar-refractivity contribution in [1.82, 2.24) is 9.78 Å². The number of hydrogen-bond donors (Lipinski definition) is 3. The number of carboxylic acids is 2. The number of hydrazone groups is 1. The van der Waals surface area contributed by atoms with E-state index in [9.17, 15) is 19.2 Å². The van der Waals surface area contributed by atoms with Gasteiger partial charge < -0.3 is 10.2 Å². The lowest BCUT2D eigenvalue weighted by Crippen LogP contribution is -2.22. The van der Waals surface area contributed by atoms with Crippen LogP contribution in [-0.4, -0.2) is 43.6 Å². The monoisotopic (exact) mass is 446 g/mol. The molecule has 0 bridgehead atoms. The van der Waals surface area contributed by atoms with E-state index in [4.69, 9.17) is 10.2 Å². The molecule has 2 aromatic carbocycles. The molecule has 166 valence electrons. The molecule has 3 aromatic rings. The summed E-state index contributed by atoms with van der Waals surface area (Å²) in [6.45, 7) is 3.32. The molecule has 0 aliphatic carbocycles. The van der Waals surface area contributed by atoms with Crippen LogP contribution in [0, 0.1) is 6.92 Å². The van der Waals surface area contributed by atoms with E-state index in [0.717, 1.165) is 5.01 Å². The Hall–Kier alpha value is -4.73. The minimum atomic E-state index is -1.08. The number of aryl methyl sites for hydroxylation is 1. The lowest BCUT2D eigenvalue weighted by molar-refractivity contribution is -0.114. The number of carboxylic acid groups (broad SMARTS) is 2. The van der Waals surface area contributed by atoms with Crippen molar-refractivity contribution in [3.8, 4) is 5.69 Å². The molecule has 1 aliphatic heterocycles. The number of amides is 1. The number of aromatic nitrogens is 2. The van der Waals surface area contributed by atoms with E-state index in [1.54, 1.807) is 13.8 Å². The number of aromatic amines is 1. The number of hydrogen-bond acceptors (Lipinski definition) is 5. The van der Waals surface area contributed by atoms with E-state index in [1.165, 1.54) is 59.3 Å². The zero-order valence-electron chi connectivity index (χ0n) is 17.6. The second-order valence-electron chi connectivity index (χ2n) is 7.36. The highest BCUT2D eigenvalue weighted by atomic mass is 16.4. The molecule has 0 fully saturated rings. The van der Waals surface area contributed by atoms with Gasteiger partial charge in [-0.2, -0.15) is 10.1 Å². The fraction of sp³-hybridized carbons (Fsp3) is 0.0870. The summed E-state index contributed by atoms with van der Waals surface area (Å²) in [5.74, 6) is -2.60. The van der Waals surface area contributed by atoms with Crippen molar-refractivity contribution in [2.45, 2.75) is 13.8 Å². The highest BCUT2D eigenvalue weighted by Gasteiger charge is 2.29. The van der Waals surface area contributed by atoms with E-state index in [-0.39, 0.29) is 22.3 Å². The second-order valence-corrected chi connectivity index (χ2v) is 7.36. The Labute approximate surface area is 186 Å². The molecule has 33 heavy (non-hydrogen) atoms. The zero-order chi connectivity index (χ0) is 23.9. The van der Waals surface area contributed by atoms with Gasteiger partial charge in [0.1, 0.15) is 0 Å². The van der Waals surface area contributed by atoms with E-state index in [0.29, 0.717) is 22.8 Å².